The summed E-state index contributed by atoms with van der Waals surface area (Å²) >= 11 is 0. The van der Waals surface area contributed by atoms with E-state index < -0.39 is 6.10 Å². The summed E-state index contributed by atoms with van der Waals surface area (Å²) in [6, 6.07) is 9.45. The molecule has 0 bridgehead atoms. The number of amides is 1. The van der Waals surface area contributed by atoms with Crippen LogP contribution >= 0.6 is 0 Å². The van der Waals surface area contributed by atoms with Crippen LogP contribution in [0.1, 0.15) is 42.6 Å². The minimum Gasteiger partial charge on any atom is -0.378 e. The molecule has 3 rings (SSSR count). The predicted octanol–water partition coefficient (Wildman–Crippen LogP) is 1.92. The van der Waals surface area contributed by atoms with E-state index in [4.69, 9.17) is 4.52 Å². The van der Waals surface area contributed by atoms with Gasteiger partial charge in [0.15, 0.2) is 11.9 Å². The molecule has 1 fully saturated rings. The molecular formula is C19H26N4O3. The van der Waals surface area contributed by atoms with E-state index in [-0.39, 0.29) is 5.91 Å². The zero-order valence-corrected chi connectivity index (χ0v) is 15.3. The fourth-order valence-corrected chi connectivity index (χ4v) is 3.45. The number of aromatic nitrogens is 2. The summed E-state index contributed by atoms with van der Waals surface area (Å²) in [6.45, 7) is 3.73. The lowest BCUT2D eigenvalue weighted by Gasteiger charge is -2.26. The largest absolute Gasteiger partial charge is 0.378 e. The summed E-state index contributed by atoms with van der Waals surface area (Å²) in [7, 11) is 2.05. The van der Waals surface area contributed by atoms with Crippen molar-refractivity contribution >= 4 is 5.91 Å². The van der Waals surface area contributed by atoms with Crippen LogP contribution in [-0.4, -0.2) is 57.1 Å². The number of rotatable bonds is 5. The lowest BCUT2D eigenvalue weighted by molar-refractivity contribution is -0.140. The maximum atomic E-state index is 12.7. The van der Waals surface area contributed by atoms with Crippen molar-refractivity contribution in [2.24, 2.45) is 0 Å². The number of hydrogen-bond donors (Lipinski definition) is 1. The quantitative estimate of drug-likeness (QED) is 0.879. The first-order valence-electron chi connectivity index (χ1n) is 9.06. The van der Waals surface area contributed by atoms with Crippen molar-refractivity contribution in [2.75, 3.05) is 20.1 Å². The highest BCUT2D eigenvalue weighted by Crippen LogP contribution is 2.21. The molecule has 0 saturated carbocycles. The molecule has 0 unspecified atom stereocenters. The van der Waals surface area contributed by atoms with Gasteiger partial charge in [-0.25, -0.2) is 0 Å². The fraction of sp³-hybridized carbons (Fsp3) is 0.526. The summed E-state index contributed by atoms with van der Waals surface area (Å²) in [4.78, 5) is 20.9. The maximum Gasteiger partial charge on any atom is 0.256 e. The van der Waals surface area contributed by atoms with E-state index in [0.717, 1.165) is 19.3 Å². The second kappa shape index (κ2) is 8.42. The van der Waals surface area contributed by atoms with Crippen LogP contribution in [0.25, 0.3) is 0 Å². The Morgan fingerprint density at radius 1 is 1.35 bits per heavy atom. The second-order valence-electron chi connectivity index (χ2n) is 6.87. The van der Waals surface area contributed by atoms with Crippen LogP contribution < -0.4 is 0 Å². The standard InChI is InChI=1S/C19H26N4O3/c1-14-20-17(21-26-14)13-22(2)16-9-6-11-23(12-10-16)19(25)18(24)15-7-4-3-5-8-15/h3-5,7-8,16,18,24H,6,9-13H2,1-2H3/t16-,18-/m1/s1. The smallest absolute Gasteiger partial charge is 0.256 e. The van der Waals surface area contributed by atoms with Gasteiger partial charge >= 0.3 is 0 Å². The maximum absolute atomic E-state index is 12.7. The number of carbonyl (C=O) groups is 1. The Kier molecular flexibility index (Phi) is 6.00. The first-order chi connectivity index (χ1) is 12.5. The summed E-state index contributed by atoms with van der Waals surface area (Å²) < 4.78 is 5.03. The Bertz CT molecular complexity index is 719. The van der Waals surface area contributed by atoms with Crippen LogP contribution in [0.5, 0.6) is 0 Å². The van der Waals surface area contributed by atoms with E-state index in [1.807, 2.05) is 25.2 Å². The number of benzene rings is 1. The van der Waals surface area contributed by atoms with Crippen molar-refractivity contribution in [3.63, 3.8) is 0 Å². The van der Waals surface area contributed by atoms with Crippen LogP contribution in [0.15, 0.2) is 34.9 Å². The summed E-state index contributed by atoms with van der Waals surface area (Å²) in [5, 5.41) is 14.3. The van der Waals surface area contributed by atoms with E-state index in [9.17, 15) is 9.90 Å². The minimum absolute atomic E-state index is 0.215. The van der Waals surface area contributed by atoms with Crippen molar-refractivity contribution in [3.05, 3.63) is 47.6 Å². The summed E-state index contributed by atoms with van der Waals surface area (Å²) in [5.74, 6) is 1.04. The number of aliphatic hydroxyl groups is 1. The Morgan fingerprint density at radius 2 is 2.12 bits per heavy atom. The minimum atomic E-state index is -1.09. The molecule has 2 heterocycles. The number of nitrogens with zero attached hydrogens (tertiary/aromatic N) is 4. The van der Waals surface area contributed by atoms with Crippen molar-refractivity contribution in [2.45, 2.75) is 44.9 Å². The lowest BCUT2D eigenvalue weighted by Crippen LogP contribution is -2.37. The lowest BCUT2D eigenvalue weighted by atomic mass is 10.1. The first-order valence-corrected chi connectivity index (χ1v) is 9.06. The molecule has 1 amide bonds. The van der Waals surface area contributed by atoms with E-state index in [0.29, 0.717) is 43.0 Å². The Morgan fingerprint density at radius 3 is 2.81 bits per heavy atom. The third-order valence-corrected chi connectivity index (χ3v) is 4.94. The molecule has 26 heavy (non-hydrogen) atoms. The van der Waals surface area contributed by atoms with Crippen LogP contribution in [0, 0.1) is 6.92 Å². The van der Waals surface area contributed by atoms with Gasteiger partial charge in [-0.3, -0.25) is 9.69 Å². The molecule has 2 aromatic rings. The van der Waals surface area contributed by atoms with Gasteiger partial charge in [0, 0.05) is 26.1 Å². The molecule has 1 aromatic heterocycles. The number of aliphatic hydroxyl groups excluding tert-OH is 1. The highest BCUT2D eigenvalue weighted by molar-refractivity contribution is 5.82. The van der Waals surface area contributed by atoms with Crippen molar-refractivity contribution in [3.8, 4) is 0 Å². The van der Waals surface area contributed by atoms with E-state index in [1.165, 1.54) is 0 Å². The molecule has 1 aromatic carbocycles. The van der Waals surface area contributed by atoms with Crippen molar-refractivity contribution in [1.29, 1.82) is 0 Å². The zero-order valence-electron chi connectivity index (χ0n) is 15.3. The molecule has 7 nitrogen and oxygen atoms in total. The number of aryl methyl sites for hydroxylation is 1. The van der Waals surface area contributed by atoms with Gasteiger partial charge in [0.25, 0.3) is 5.91 Å². The molecule has 140 valence electrons. The normalized spacial score (nSPS) is 19.4. The van der Waals surface area contributed by atoms with Gasteiger partial charge < -0.3 is 14.5 Å². The SMILES string of the molecule is Cc1nc(CN(C)[C@@H]2CCCN(C(=O)[C@H](O)c3ccccc3)CC2)no1. The average Bonchev–Trinajstić information content (AvgIpc) is 2.92. The van der Waals surface area contributed by atoms with Gasteiger partial charge in [0.05, 0.1) is 6.54 Å². The molecule has 1 aliphatic heterocycles. The van der Waals surface area contributed by atoms with Crippen molar-refractivity contribution < 1.29 is 14.4 Å². The Hall–Kier alpha value is -2.25. The van der Waals surface area contributed by atoms with Gasteiger partial charge in [-0.15, -0.1) is 0 Å². The highest BCUT2D eigenvalue weighted by Gasteiger charge is 2.27. The van der Waals surface area contributed by atoms with E-state index in [1.54, 1.807) is 24.0 Å². The third kappa shape index (κ3) is 4.47. The Balaban J connectivity index is 1.56. The zero-order chi connectivity index (χ0) is 18.5. The average molecular weight is 358 g/mol. The topological polar surface area (TPSA) is 82.7 Å². The second-order valence-corrected chi connectivity index (χ2v) is 6.87. The first kappa shape index (κ1) is 18.5. The molecule has 0 spiro atoms. The van der Waals surface area contributed by atoms with Crippen LogP contribution in [0.3, 0.4) is 0 Å². The van der Waals surface area contributed by atoms with Gasteiger partial charge in [-0.2, -0.15) is 4.98 Å². The molecule has 0 radical (unpaired) electrons. The van der Waals surface area contributed by atoms with E-state index in [2.05, 4.69) is 15.0 Å². The molecule has 7 heteroatoms. The number of carbonyl (C=O) groups excluding carboxylic acids is 1. The molecule has 1 saturated heterocycles. The monoisotopic (exact) mass is 358 g/mol. The van der Waals surface area contributed by atoms with E-state index >= 15 is 0 Å². The molecule has 1 N–H and O–H groups in total. The van der Waals surface area contributed by atoms with Crippen molar-refractivity contribution in [1.82, 2.24) is 19.9 Å². The Labute approximate surface area is 153 Å². The van der Waals surface area contributed by atoms with Crippen LogP contribution in [0.4, 0.5) is 0 Å². The van der Waals surface area contributed by atoms with Crippen LogP contribution in [-0.2, 0) is 11.3 Å². The number of likely N-dealkylation sites (tertiary alicyclic amines) is 1. The molecule has 2 atom stereocenters. The summed E-state index contributed by atoms with van der Waals surface area (Å²) in [6.07, 6.45) is 1.68. The van der Waals surface area contributed by atoms with Crippen LogP contribution in [0.2, 0.25) is 0 Å². The fourth-order valence-electron chi connectivity index (χ4n) is 3.45. The molecular weight excluding hydrogens is 332 g/mol. The van der Waals surface area contributed by atoms with Gasteiger partial charge in [-0.1, -0.05) is 35.5 Å². The predicted molar refractivity (Wildman–Crippen MR) is 96.1 cm³/mol. The van der Waals surface area contributed by atoms with Gasteiger partial charge in [0.2, 0.25) is 5.89 Å². The summed E-state index contributed by atoms with van der Waals surface area (Å²) in [5.41, 5.74) is 0.642. The molecule has 0 aliphatic carbocycles. The molecule has 1 aliphatic rings. The highest BCUT2D eigenvalue weighted by atomic mass is 16.5. The number of hydrogen-bond acceptors (Lipinski definition) is 6. The van der Waals surface area contributed by atoms with Gasteiger partial charge in [-0.05, 0) is 31.9 Å². The van der Waals surface area contributed by atoms with Gasteiger partial charge in [0.1, 0.15) is 0 Å². The third-order valence-electron chi connectivity index (χ3n) is 4.94.